The topological polar surface area (TPSA) is 150 Å². The van der Waals surface area contributed by atoms with E-state index in [0.717, 1.165) is 0 Å². The Morgan fingerprint density at radius 3 is 2.23 bits per heavy atom. The first kappa shape index (κ1) is 22.6. The minimum Gasteiger partial charge on any atom is -0.452 e. The number of aliphatic imine (C=N–C) groups is 1. The van der Waals surface area contributed by atoms with E-state index in [1.54, 1.807) is 65.2 Å². The zero-order valence-corrected chi connectivity index (χ0v) is 18.5. The van der Waals surface area contributed by atoms with Crippen LogP contribution in [0.2, 0.25) is 0 Å². The van der Waals surface area contributed by atoms with Gasteiger partial charge in [-0.25, -0.2) is 14.6 Å². The molecule has 11 heteroatoms. The molecule has 0 spiro atoms. The Kier molecular flexibility index (Phi) is 6.17. The number of nitrogens with zero attached hydrogens (tertiary/aromatic N) is 3. The number of esters is 2. The van der Waals surface area contributed by atoms with E-state index in [1.807, 2.05) is 0 Å². The Morgan fingerprint density at radius 2 is 1.63 bits per heavy atom. The van der Waals surface area contributed by atoms with E-state index >= 15 is 0 Å². The van der Waals surface area contributed by atoms with Crippen LogP contribution in [0.1, 0.15) is 32.6 Å². The molecule has 5 rings (SSSR count). The highest BCUT2D eigenvalue weighted by Crippen LogP contribution is 2.38. The van der Waals surface area contributed by atoms with Crippen LogP contribution in [0.25, 0.3) is 0 Å². The highest BCUT2D eigenvalue weighted by molar-refractivity contribution is 5.90. The average molecular weight is 477 g/mol. The summed E-state index contributed by atoms with van der Waals surface area (Å²) in [4.78, 5) is 34.5. The number of hydrogen-bond acceptors (Lipinski definition) is 10. The fourth-order valence-corrected chi connectivity index (χ4v) is 4.03. The zero-order chi connectivity index (χ0) is 24.4. The van der Waals surface area contributed by atoms with Gasteiger partial charge in [0, 0.05) is 0 Å². The highest BCUT2D eigenvalue weighted by atomic mass is 16.6. The van der Waals surface area contributed by atoms with E-state index < -0.39 is 43.1 Å². The molecule has 2 aliphatic rings. The van der Waals surface area contributed by atoms with Gasteiger partial charge in [-0.2, -0.15) is 4.99 Å². The molecule has 3 heterocycles. The molecule has 1 fully saturated rings. The van der Waals surface area contributed by atoms with Gasteiger partial charge in [0.2, 0.25) is 0 Å². The van der Waals surface area contributed by atoms with E-state index in [4.69, 9.17) is 19.9 Å². The highest BCUT2D eigenvalue weighted by Gasteiger charge is 2.51. The van der Waals surface area contributed by atoms with Crippen molar-refractivity contribution in [1.29, 1.82) is 0 Å². The van der Waals surface area contributed by atoms with E-state index in [1.165, 1.54) is 6.33 Å². The molecule has 4 N–H and O–H groups in total. The number of carbonyl (C=O) groups is 2. The van der Waals surface area contributed by atoms with Gasteiger partial charge in [-0.15, -0.1) is 0 Å². The van der Waals surface area contributed by atoms with Crippen LogP contribution < -0.4 is 11.1 Å². The number of hydrogen-bond donors (Lipinski definition) is 3. The molecule has 2 aliphatic heterocycles. The summed E-state index contributed by atoms with van der Waals surface area (Å²) in [6.45, 7) is -0.124. The Morgan fingerprint density at radius 1 is 1.03 bits per heavy atom. The fraction of sp³-hybridized carbons (Fsp3) is 0.250. The number of nitrogens with one attached hydrogen (secondary N) is 1. The van der Waals surface area contributed by atoms with Gasteiger partial charge in [-0.05, 0) is 24.3 Å². The molecule has 35 heavy (non-hydrogen) atoms. The minimum absolute atomic E-state index is 0.195. The van der Waals surface area contributed by atoms with Crippen molar-refractivity contribution in [1.82, 2.24) is 14.9 Å². The molecular formula is C24H23N5O6. The van der Waals surface area contributed by atoms with Crippen LogP contribution in [-0.2, 0) is 20.8 Å². The van der Waals surface area contributed by atoms with E-state index in [-0.39, 0.29) is 5.96 Å². The normalized spacial score (nSPS) is 23.1. The molecule has 0 aliphatic carbocycles. The van der Waals surface area contributed by atoms with Crippen LogP contribution in [0, 0.1) is 0 Å². The van der Waals surface area contributed by atoms with Crippen molar-refractivity contribution in [3.63, 3.8) is 0 Å². The monoisotopic (exact) mass is 477 g/mol. The molecule has 0 saturated carbocycles. The van der Waals surface area contributed by atoms with Crippen molar-refractivity contribution in [2.45, 2.75) is 31.1 Å². The van der Waals surface area contributed by atoms with E-state index in [2.05, 4.69) is 15.3 Å². The Balaban J connectivity index is 1.50. The van der Waals surface area contributed by atoms with Gasteiger partial charge in [0.25, 0.3) is 0 Å². The quantitative estimate of drug-likeness (QED) is 0.446. The second kappa shape index (κ2) is 9.57. The predicted octanol–water partition coefficient (Wildman–Crippen LogP) is 1.27. The van der Waals surface area contributed by atoms with Gasteiger partial charge < -0.3 is 30.4 Å². The number of benzene rings is 2. The average Bonchev–Trinajstić information content (AvgIpc) is 3.45. The van der Waals surface area contributed by atoms with Gasteiger partial charge >= 0.3 is 11.9 Å². The van der Waals surface area contributed by atoms with Crippen molar-refractivity contribution in [2.75, 3.05) is 6.61 Å². The number of nitrogens with two attached hydrogens (primary N) is 1. The van der Waals surface area contributed by atoms with Crippen LogP contribution in [0.5, 0.6) is 0 Å². The molecule has 1 saturated heterocycles. The fourth-order valence-electron chi connectivity index (χ4n) is 4.03. The minimum atomic E-state index is -1.11. The van der Waals surface area contributed by atoms with Crippen LogP contribution in [0.15, 0.2) is 72.0 Å². The lowest BCUT2D eigenvalue weighted by Crippen LogP contribution is -2.40. The number of ether oxygens (including phenoxy) is 3. The van der Waals surface area contributed by atoms with Gasteiger partial charge in [0.05, 0.1) is 30.6 Å². The third kappa shape index (κ3) is 4.46. The first-order valence-electron chi connectivity index (χ1n) is 11.0. The number of aliphatic hydroxyl groups excluding tert-OH is 1. The molecule has 0 amide bonds. The second-order valence-electron chi connectivity index (χ2n) is 7.99. The van der Waals surface area contributed by atoms with Crippen molar-refractivity contribution in [2.24, 2.45) is 10.7 Å². The predicted molar refractivity (Wildman–Crippen MR) is 123 cm³/mol. The zero-order valence-electron chi connectivity index (χ0n) is 18.5. The summed E-state index contributed by atoms with van der Waals surface area (Å²) in [7, 11) is 0. The lowest BCUT2D eigenvalue weighted by Gasteiger charge is -2.25. The maximum atomic E-state index is 13.0. The molecule has 11 nitrogen and oxygen atoms in total. The van der Waals surface area contributed by atoms with Crippen molar-refractivity contribution < 1.29 is 28.9 Å². The molecule has 4 atom stereocenters. The van der Waals surface area contributed by atoms with Gasteiger partial charge in [0.15, 0.2) is 30.2 Å². The summed E-state index contributed by atoms with van der Waals surface area (Å²) in [6.07, 6.45) is -2.69. The molecule has 180 valence electrons. The molecule has 3 aromatic rings. The Bertz CT molecular complexity index is 1250. The van der Waals surface area contributed by atoms with Crippen LogP contribution in [0.3, 0.4) is 0 Å². The summed E-state index contributed by atoms with van der Waals surface area (Å²) < 4.78 is 19.2. The number of fused-ring (bicyclic) bond motifs is 1. The third-order valence-electron chi connectivity index (χ3n) is 5.75. The lowest BCUT2D eigenvalue weighted by atomic mass is 10.1. The first-order chi connectivity index (χ1) is 17.0. The summed E-state index contributed by atoms with van der Waals surface area (Å²) >= 11 is 0. The summed E-state index contributed by atoms with van der Waals surface area (Å²) in [5.74, 6) is -0.667. The van der Waals surface area contributed by atoms with E-state index in [9.17, 15) is 14.7 Å². The molecule has 0 bridgehead atoms. The van der Waals surface area contributed by atoms with Crippen LogP contribution in [0.4, 0.5) is 5.82 Å². The van der Waals surface area contributed by atoms with Gasteiger partial charge in [-0.1, -0.05) is 36.4 Å². The number of aromatic nitrogens is 2. The third-order valence-corrected chi connectivity index (χ3v) is 5.75. The van der Waals surface area contributed by atoms with Crippen molar-refractivity contribution in [3.8, 4) is 0 Å². The van der Waals surface area contributed by atoms with Crippen molar-refractivity contribution in [3.05, 3.63) is 83.8 Å². The van der Waals surface area contributed by atoms with Gasteiger partial charge in [-0.3, -0.25) is 4.57 Å². The standard InChI is InChI=1S/C24H23N5O6/c25-24-26-11-16-20(28-24)29(13-27-16)21-19(35-23(32)15-9-5-2-6-10-15)18(17(12-30)33-21)34-22(31)14-7-3-1-4-8-14/h1-10,13,17-19,21,30H,11-12H2,(H3,25,26,28)/t17-,18-,19+,21-/m1/s1. The summed E-state index contributed by atoms with van der Waals surface area (Å²) in [5, 5.41) is 12.9. The number of imidazole rings is 1. The molecule has 0 unspecified atom stereocenters. The number of aliphatic hydroxyl groups is 1. The largest absolute Gasteiger partial charge is 0.452 e. The first-order valence-corrected chi connectivity index (χ1v) is 11.0. The second-order valence-corrected chi connectivity index (χ2v) is 7.99. The maximum absolute atomic E-state index is 13.0. The number of rotatable bonds is 6. The maximum Gasteiger partial charge on any atom is 0.338 e. The lowest BCUT2D eigenvalue weighted by molar-refractivity contribution is -0.0575. The molecular weight excluding hydrogens is 454 g/mol. The number of carbonyl (C=O) groups excluding carboxylic acids is 2. The molecule has 1 aromatic heterocycles. The van der Waals surface area contributed by atoms with Crippen LogP contribution in [-0.4, -0.2) is 57.5 Å². The Hall–Kier alpha value is -4.22. The van der Waals surface area contributed by atoms with E-state index in [0.29, 0.717) is 29.2 Å². The van der Waals surface area contributed by atoms with Crippen molar-refractivity contribution >= 4 is 23.7 Å². The van der Waals surface area contributed by atoms with Crippen LogP contribution >= 0.6 is 0 Å². The van der Waals surface area contributed by atoms with Gasteiger partial charge in [0.1, 0.15) is 11.8 Å². The SMILES string of the molecule is NC1=Nc2c(ncn2[C@@H]2O[C@H](CO)[C@@H](OC(=O)c3ccccc3)[C@@H]2OC(=O)c2ccccc2)CN1. The summed E-state index contributed by atoms with van der Waals surface area (Å²) in [5.41, 5.74) is 7.07. The molecule has 0 radical (unpaired) electrons. The Labute approximate surface area is 200 Å². The molecule has 2 aromatic carbocycles. The number of guanidine groups is 1. The summed E-state index contributed by atoms with van der Waals surface area (Å²) in [6, 6.07) is 16.8. The smallest absolute Gasteiger partial charge is 0.338 e.